The van der Waals surface area contributed by atoms with Gasteiger partial charge in [0.15, 0.2) is 5.56 Å². The van der Waals surface area contributed by atoms with E-state index in [1.54, 1.807) is 0 Å². The van der Waals surface area contributed by atoms with Gasteiger partial charge in [-0.1, -0.05) is 18.2 Å². The first-order valence-electron chi connectivity index (χ1n) is 7.54. The van der Waals surface area contributed by atoms with Gasteiger partial charge in [-0.15, -0.1) is 0 Å². The molecule has 0 saturated heterocycles. The van der Waals surface area contributed by atoms with Crippen molar-refractivity contribution < 1.29 is 14.3 Å². The molecule has 0 aliphatic rings. The van der Waals surface area contributed by atoms with Gasteiger partial charge in [0.25, 0.3) is 5.91 Å². The predicted molar refractivity (Wildman–Crippen MR) is 94.2 cm³/mol. The Balaban J connectivity index is 1.70. The molecular weight excluding hydrogens is 326 g/mol. The van der Waals surface area contributed by atoms with E-state index in [0.29, 0.717) is 23.1 Å². The maximum absolute atomic E-state index is 12.4. The van der Waals surface area contributed by atoms with Crippen LogP contribution in [0.5, 0.6) is 10.9 Å². The highest BCUT2D eigenvalue weighted by Gasteiger charge is 2.22. The first kappa shape index (κ1) is 16.3. The molecule has 0 spiro atoms. The molecule has 1 aromatic carbocycles. The van der Waals surface area contributed by atoms with E-state index in [0.717, 1.165) is 18.0 Å². The van der Waals surface area contributed by atoms with Crippen molar-refractivity contribution in [3.63, 3.8) is 0 Å². The molecule has 0 aliphatic carbocycles. The van der Waals surface area contributed by atoms with Crippen molar-refractivity contribution in [2.45, 2.75) is 6.42 Å². The lowest BCUT2D eigenvalue weighted by Gasteiger charge is -2.06. The molecule has 3 rings (SSSR count). The lowest BCUT2D eigenvalue weighted by molar-refractivity contribution is 0.0948. The third kappa shape index (κ3) is 2.94. The van der Waals surface area contributed by atoms with E-state index in [-0.39, 0.29) is 5.91 Å². The number of hydrogen-bond donors (Lipinski definition) is 1. The molecule has 6 nitrogen and oxygen atoms in total. The molecule has 0 radical (unpaired) electrons. The quantitative estimate of drug-likeness (QED) is 0.746. The maximum Gasteiger partial charge on any atom is 0.261 e. The minimum atomic E-state index is -0.238. The molecule has 0 saturated carbocycles. The fraction of sp³-hybridized carbons (Fsp3) is 0.294. The van der Waals surface area contributed by atoms with Crippen molar-refractivity contribution in [3.05, 3.63) is 41.6 Å². The van der Waals surface area contributed by atoms with Crippen LogP contribution in [-0.2, 0) is 13.5 Å². The molecule has 1 amide bonds. The summed E-state index contributed by atoms with van der Waals surface area (Å²) in [4.78, 5) is 12.4. The van der Waals surface area contributed by atoms with Gasteiger partial charge in [0, 0.05) is 42.2 Å². The van der Waals surface area contributed by atoms with Crippen molar-refractivity contribution >= 4 is 28.3 Å². The van der Waals surface area contributed by atoms with Crippen LogP contribution in [-0.4, -0.2) is 35.6 Å². The van der Waals surface area contributed by atoms with Crippen LogP contribution < -0.4 is 14.8 Å². The van der Waals surface area contributed by atoms with Gasteiger partial charge in [0.1, 0.15) is 0 Å². The molecule has 0 aliphatic heterocycles. The summed E-state index contributed by atoms with van der Waals surface area (Å²) in [6, 6.07) is 8.23. The van der Waals surface area contributed by atoms with Gasteiger partial charge in [-0.25, -0.2) is 0 Å². The Morgan fingerprint density at radius 2 is 2.08 bits per heavy atom. The molecule has 1 N–H and O–H groups in total. The number of carbonyl (C=O) groups excluding carboxylic acids is 1. The summed E-state index contributed by atoms with van der Waals surface area (Å²) in [5.74, 6) is 0.0530. The molecule has 0 unspecified atom stereocenters. The van der Waals surface area contributed by atoms with E-state index >= 15 is 0 Å². The smallest absolute Gasteiger partial charge is 0.261 e. The second-order valence-corrected chi connectivity index (χ2v) is 6.08. The fourth-order valence-corrected chi connectivity index (χ4v) is 3.43. The lowest BCUT2D eigenvalue weighted by Crippen LogP contribution is -2.26. The highest BCUT2D eigenvalue weighted by Crippen LogP contribution is 2.32. The number of benzene rings is 1. The number of carbonyl (C=O) groups is 1. The Kier molecular flexibility index (Phi) is 4.71. The molecular formula is C17H19N3O3S. The Labute approximate surface area is 144 Å². The van der Waals surface area contributed by atoms with Crippen LogP contribution in [0.4, 0.5) is 0 Å². The molecule has 24 heavy (non-hydrogen) atoms. The zero-order valence-corrected chi connectivity index (χ0v) is 14.6. The SMILES string of the molecule is COc1nsc(OC)c1C(=O)NCCc1cn(C)c2ccccc12. The zero-order valence-electron chi connectivity index (χ0n) is 13.8. The van der Waals surface area contributed by atoms with Gasteiger partial charge in [0.2, 0.25) is 10.9 Å². The molecule has 0 atom stereocenters. The van der Waals surface area contributed by atoms with Gasteiger partial charge < -0.3 is 19.4 Å². The third-order valence-corrected chi connectivity index (χ3v) is 4.69. The number of nitrogens with one attached hydrogen (secondary N) is 1. The third-order valence-electron chi connectivity index (χ3n) is 3.89. The highest BCUT2D eigenvalue weighted by atomic mass is 32.1. The summed E-state index contributed by atoms with van der Waals surface area (Å²) in [6.45, 7) is 0.523. The number of methoxy groups -OCH3 is 2. The van der Waals surface area contributed by atoms with E-state index in [2.05, 4.69) is 32.6 Å². The number of aryl methyl sites for hydroxylation is 1. The number of amides is 1. The number of aromatic nitrogens is 2. The number of nitrogens with zero attached hydrogens (tertiary/aromatic N) is 2. The van der Waals surface area contributed by atoms with Crippen molar-refractivity contribution in [2.75, 3.05) is 20.8 Å². The van der Waals surface area contributed by atoms with Gasteiger partial charge in [-0.2, -0.15) is 4.37 Å². The summed E-state index contributed by atoms with van der Waals surface area (Å²) in [5, 5.41) is 4.58. The van der Waals surface area contributed by atoms with Crippen LogP contribution in [0.15, 0.2) is 30.5 Å². The number of hydrogen-bond acceptors (Lipinski definition) is 5. The second kappa shape index (κ2) is 6.92. The first-order valence-corrected chi connectivity index (χ1v) is 8.31. The van der Waals surface area contributed by atoms with Gasteiger partial charge in [-0.3, -0.25) is 4.79 Å². The molecule has 2 aromatic heterocycles. The van der Waals surface area contributed by atoms with Crippen molar-refractivity contribution in [3.8, 4) is 10.9 Å². The molecule has 3 aromatic rings. The van der Waals surface area contributed by atoms with Gasteiger partial charge in [-0.05, 0) is 18.1 Å². The normalized spacial score (nSPS) is 10.8. The van der Waals surface area contributed by atoms with Gasteiger partial charge in [0.05, 0.1) is 14.2 Å². The molecule has 7 heteroatoms. The van der Waals surface area contributed by atoms with E-state index in [1.807, 2.05) is 19.2 Å². The van der Waals surface area contributed by atoms with E-state index in [4.69, 9.17) is 9.47 Å². The Bertz CT molecular complexity index is 848. The Morgan fingerprint density at radius 3 is 2.83 bits per heavy atom. The minimum absolute atomic E-state index is 0.238. The summed E-state index contributed by atoms with van der Waals surface area (Å²) >= 11 is 1.10. The van der Waals surface area contributed by atoms with Crippen LogP contribution in [0.2, 0.25) is 0 Å². The van der Waals surface area contributed by atoms with Crippen molar-refractivity contribution in [1.82, 2.24) is 14.3 Å². The van der Waals surface area contributed by atoms with Crippen LogP contribution in [0.25, 0.3) is 10.9 Å². The predicted octanol–water partition coefficient (Wildman–Crippen LogP) is 2.62. The standard InChI is InChI=1S/C17H19N3O3S/c1-20-10-11(12-6-4-5-7-13(12)20)8-9-18-15(21)14-16(22-2)19-24-17(14)23-3/h4-7,10H,8-9H2,1-3H3,(H,18,21). The summed E-state index contributed by atoms with van der Waals surface area (Å²) in [7, 11) is 5.03. The number of fused-ring (bicyclic) bond motifs is 1. The monoisotopic (exact) mass is 345 g/mol. The summed E-state index contributed by atoms with van der Waals surface area (Å²) < 4.78 is 16.5. The summed E-state index contributed by atoms with van der Waals surface area (Å²) in [6.07, 6.45) is 2.85. The van der Waals surface area contributed by atoms with E-state index in [1.165, 1.54) is 30.7 Å². The van der Waals surface area contributed by atoms with Crippen molar-refractivity contribution in [1.29, 1.82) is 0 Å². The van der Waals surface area contributed by atoms with Gasteiger partial charge >= 0.3 is 0 Å². The molecule has 2 heterocycles. The molecule has 126 valence electrons. The highest BCUT2D eigenvalue weighted by molar-refractivity contribution is 7.08. The molecule has 0 fully saturated rings. The average Bonchev–Trinajstić information content (AvgIpc) is 3.16. The first-order chi connectivity index (χ1) is 11.7. The largest absolute Gasteiger partial charge is 0.485 e. The fourth-order valence-electron chi connectivity index (χ4n) is 2.75. The average molecular weight is 345 g/mol. The van der Waals surface area contributed by atoms with Crippen LogP contribution in [0, 0.1) is 0 Å². The zero-order chi connectivity index (χ0) is 17.1. The number of para-hydroxylation sites is 1. The second-order valence-electron chi connectivity index (χ2n) is 5.35. The summed E-state index contributed by atoms with van der Waals surface area (Å²) in [5.41, 5.74) is 2.74. The Morgan fingerprint density at radius 1 is 1.29 bits per heavy atom. The maximum atomic E-state index is 12.4. The van der Waals surface area contributed by atoms with Crippen LogP contribution in [0.3, 0.4) is 0 Å². The van der Waals surface area contributed by atoms with Crippen LogP contribution in [0.1, 0.15) is 15.9 Å². The van der Waals surface area contributed by atoms with E-state index < -0.39 is 0 Å². The lowest BCUT2D eigenvalue weighted by atomic mass is 10.1. The Hall–Kier alpha value is -2.54. The van der Waals surface area contributed by atoms with Crippen molar-refractivity contribution in [2.24, 2.45) is 7.05 Å². The van der Waals surface area contributed by atoms with Crippen LogP contribution >= 0.6 is 11.5 Å². The molecule has 0 bridgehead atoms. The van der Waals surface area contributed by atoms with E-state index in [9.17, 15) is 4.79 Å². The topological polar surface area (TPSA) is 65.4 Å². The number of rotatable bonds is 6. The minimum Gasteiger partial charge on any atom is -0.485 e. The number of ether oxygens (including phenoxy) is 2.